The predicted molar refractivity (Wildman–Crippen MR) is 62.9 cm³/mol. The van der Waals surface area contributed by atoms with Crippen LogP contribution in [0, 0.1) is 5.82 Å². The number of carbonyl (C=O) groups excluding carboxylic acids is 1. The summed E-state index contributed by atoms with van der Waals surface area (Å²) in [7, 11) is 0. The zero-order valence-corrected chi connectivity index (χ0v) is 10.3. The van der Waals surface area contributed by atoms with Crippen LogP contribution in [-0.2, 0) is 15.1 Å². The topological polar surface area (TPSA) is 66.4 Å². The lowest BCUT2D eigenvalue weighted by Crippen LogP contribution is -2.62. The van der Waals surface area contributed by atoms with Crippen molar-refractivity contribution in [1.29, 1.82) is 0 Å². The number of rotatable bonds is 3. The Bertz CT molecular complexity index is 566. The van der Waals surface area contributed by atoms with Gasteiger partial charge in [-0.2, -0.15) is 0 Å². The van der Waals surface area contributed by atoms with Crippen molar-refractivity contribution in [3.05, 3.63) is 35.6 Å². The molecule has 0 spiro atoms. The van der Waals surface area contributed by atoms with Crippen molar-refractivity contribution < 1.29 is 27.9 Å². The molecule has 1 unspecified atom stereocenters. The number of carbonyl (C=O) groups is 2. The third-order valence-electron chi connectivity index (χ3n) is 3.57. The largest absolute Gasteiger partial charge is 0.478 e. The summed E-state index contributed by atoms with van der Waals surface area (Å²) in [6.07, 6.45) is -1.06. The van der Waals surface area contributed by atoms with Crippen LogP contribution in [0.3, 0.4) is 0 Å². The molecular weight excluding hydrogens is 275 g/mol. The maximum atomic E-state index is 14.0. The van der Waals surface area contributed by atoms with Crippen LogP contribution in [0.15, 0.2) is 24.3 Å². The quantitative estimate of drug-likeness (QED) is 0.831. The number of halogens is 3. The summed E-state index contributed by atoms with van der Waals surface area (Å²) in [4.78, 5) is 22.4. The first-order chi connectivity index (χ1) is 9.35. The minimum Gasteiger partial charge on any atom is -0.478 e. The molecule has 7 heteroatoms. The fourth-order valence-corrected chi connectivity index (χ4v) is 2.31. The zero-order chi connectivity index (χ0) is 15.0. The number of carboxylic acids is 1. The van der Waals surface area contributed by atoms with Crippen molar-refractivity contribution in [2.75, 3.05) is 6.67 Å². The van der Waals surface area contributed by atoms with Crippen LogP contribution in [0.5, 0.6) is 0 Å². The van der Waals surface area contributed by atoms with Gasteiger partial charge in [-0.1, -0.05) is 18.2 Å². The lowest BCUT2D eigenvalue weighted by atomic mass is 9.78. The summed E-state index contributed by atoms with van der Waals surface area (Å²) >= 11 is 0. The van der Waals surface area contributed by atoms with E-state index in [1.54, 1.807) is 0 Å². The van der Waals surface area contributed by atoms with E-state index in [1.807, 2.05) is 5.32 Å². The van der Waals surface area contributed by atoms with Crippen molar-refractivity contribution in [2.24, 2.45) is 0 Å². The maximum Gasteiger partial charge on any atom is 0.351 e. The van der Waals surface area contributed by atoms with Gasteiger partial charge in [-0.05, 0) is 12.5 Å². The van der Waals surface area contributed by atoms with E-state index in [1.165, 1.54) is 18.2 Å². The molecule has 2 atom stereocenters. The fraction of sp³-hybridized carbons (Fsp3) is 0.385. The number of amides is 1. The zero-order valence-electron chi connectivity index (χ0n) is 10.3. The first kappa shape index (κ1) is 14.4. The number of aliphatic carboxylic acids is 1. The molecule has 1 saturated heterocycles. The fourth-order valence-electron chi connectivity index (χ4n) is 2.31. The van der Waals surface area contributed by atoms with Gasteiger partial charge in [-0.25, -0.2) is 18.0 Å². The molecule has 0 aromatic heterocycles. The third-order valence-corrected chi connectivity index (χ3v) is 3.57. The number of benzene rings is 1. The van der Waals surface area contributed by atoms with Crippen LogP contribution in [0.4, 0.5) is 13.2 Å². The smallest absolute Gasteiger partial charge is 0.351 e. The van der Waals surface area contributed by atoms with E-state index in [0.29, 0.717) is 0 Å². The standard InChI is InChI=1S/C13H12F3NO3/c14-7-12(8-3-1-2-4-9(8)15)5-6-13(16,11(19)20)10(18)17-12/h1-4H,5-7H2,(H,17,18)(H,19,20)/t12-,13?/m1/s1. The highest BCUT2D eigenvalue weighted by Gasteiger charge is 2.55. The number of nitrogens with one attached hydrogen (secondary N) is 1. The molecule has 2 N–H and O–H groups in total. The molecule has 20 heavy (non-hydrogen) atoms. The Morgan fingerprint density at radius 1 is 1.35 bits per heavy atom. The van der Waals surface area contributed by atoms with Gasteiger partial charge in [0.2, 0.25) is 0 Å². The highest BCUT2D eigenvalue weighted by molar-refractivity contribution is 6.06. The van der Waals surface area contributed by atoms with E-state index in [4.69, 9.17) is 5.11 Å². The molecule has 1 aliphatic rings. The second kappa shape index (κ2) is 4.81. The van der Waals surface area contributed by atoms with Gasteiger partial charge in [-0.15, -0.1) is 0 Å². The summed E-state index contributed by atoms with van der Waals surface area (Å²) in [5.41, 5.74) is -4.96. The molecule has 1 aromatic carbocycles. The van der Waals surface area contributed by atoms with Gasteiger partial charge in [0.25, 0.3) is 11.6 Å². The Kier molecular flexibility index (Phi) is 3.45. The molecule has 0 saturated carbocycles. The molecular formula is C13H12F3NO3. The maximum absolute atomic E-state index is 14.0. The van der Waals surface area contributed by atoms with E-state index in [9.17, 15) is 22.8 Å². The first-order valence-electron chi connectivity index (χ1n) is 5.92. The first-order valence-corrected chi connectivity index (χ1v) is 5.92. The minimum atomic E-state index is -3.11. The van der Waals surface area contributed by atoms with Crippen LogP contribution < -0.4 is 5.32 Å². The summed E-state index contributed by atoms with van der Waals surface area (Å²) in [6.45, 7) is -1.16. The van der Waals surface area contributed by atoms with Crippen molar-refractivity contribution >= 4 is 11.9 Å². The Balaban J connectivity index is 2.40. The van der Waals surface area contributed by atoms with Gasteiger partial charge in [0, 0.05) is 12.0 Å². The number of piperidine rings is 1. The average molecular weight is 287 g/mol. The molecule has 1 amide bonds. The number of alkyl halides is 2. The van der Waals surface area contributed by atoms with Gasteiger partial charge in [0.15, 0.2) is 0 Å². The van der Waals surface area contributed by atoms with E-state index in [0.717, 1.165) is 6.07 Å². The SMILES string of the molecule is O=C(O)C1(F)CC[C@@](CF)(c2ccccc2F)NC1=O. The highest BCUT2D eigenvalue weighted by Crippen LogP contribution is 2.37. The van der Waals surface area contributed by atoms with Crippen molar-refractivity contribution in [1.82, 2.24) is 5.32 Å². The van der Waals surface area contributed by atoms with Crippen LogP contribution in [0.1, 0.15) is 18.4 Å². The summed E-state index contributed by atoms with van der Waals surface area (Å²) in [5, 5.41) is 10.7. The molecule has 1 fully saturated rings. The van der Waals surface area contributed by atoms with Gasteiger partial charge >= 0.3 is 5.97 Å². The number of hydrogen-bond donors (Lipinski definition) is 2. The second-order valence-corrected chi connectivity index (χ2v) is 4.76. The lowest BCUT2D eigenvalue weighted by molar-refractivity contribution is -0.163. The molecule has 2 rings (SSSR count). The molecule has 0 aliphatic carbocycles. The third kappa shape index (κ3) is 2.03. The Hall–Kier alpha value is -2.05. The Morgan fingerprint density at radius 3 is 2.50 bits per heavy atom. The van der Waals surface area contributed by atoms with E-state index >= 15 is 0 Å². The van der Waals surface area contributed by atoms with E-state index in [-0.39, 0.29) is 12.0 Å². The average Bonchev–Trinajstić information content (AvgIpc) is 2.42. The highest BCUT2D eigenvalue weighted by atomic mass is 19.1. The molecule has 4 nitrogen and oxygen atoms in total. The molecule has 1 aliphatic heterocycles. The number of hydrogen-bond acceptors (Lipinski definition) is 2. The monoisotopic (exact) mass is 287 g/mol. The molecule has 108 valence electrons. The van der Waals surface area contributed by atoms with Crippen LogP contribution >= 0.6 is 0 Å². The molecule has 1 aromatic rings. The lowest BCUT2D eigenvalue weighted by Gasteiger charge is -2.40. The van der Waals surface area contributed by atoms with Gasteiger partial charge in [0.1, 0.15) is 12.5 Å². The van der Waals surface area contributed by atoms with Gasteiger partial charge < -0.3 is 10.4 Å². The Labute approximate surface area is 112 Å². The number of carboxylic acid groups (broad SMARTS) is 1. The van der Waals surface area contributed by atoms with E-state index in [2.05, 4.69) is 0 Å². The molecule has 0 radical (unpaired) electrons. The van der Waals surface area contributed by atoms with Crippen LogP contribution in [0.2, 0.25) is 0 Å². The summed E-state index contributed by atoms with van der Waals surface area (Å²) in [6, 6.07) is 5.22. The predicted octanol–water partition coefficient (Wildman–Crippen LogP) is 1.69. The van der Waals surface area contributed by atoms with Crippen molar-refractivity contribution in [3.8, 4) is 0 Å². The minimum absolute atomic E-state index is 0.122. The normalized spacial score (nSPS) is 29.9. The van der Waals surface area contributed by atoms with Crippen molar-refractivity contribution in [2.45, 2.75) is 24.0 Å². The summed E-state index contributed by atoms with van der Waals surface area (Å²) in [5.74, 6) is -4.14. The van der Waals surface area contributed by atoms with Gasteiger partial charge in [-0.3, -0.25) is 4.79 Å². The van der Waals surface area contributed by atoms with Crippen LogP contribution in [-0.4, -0.2) is 29.3 Å². The van der Waals surface area contributed by atoms with Gasteiger partial charge in [0.05, 0.1) is 5.54 Å². The molecule has 0 bridgehead atoms. The molecule has 1 heterocycles. The second-order valence-electron chi connectivity index (χ2n) is 4.76. The van der Waals surface area contributed by atoms with Crippen LogP contribution in [0.25, 0.3) is 0 Å². The van der Waals surface area contributed by atoms with Crippen molar-refractivity contribution in [3.63, 3.8) is 0 Å². The van der Waals surface area contributed by atoms with E-state index < -0.39 is 42.0 Å². The summed E-state index contributed by atoms with van der Waals surface area (Å²) < 4.78 is 41.1. The Morgan fingerprint density at radius 2 is 2.00 bits per heavy atom.